The standard InChI is InChI=1S/C13H24N4O3/c1-10(2)17-12(5-6-14-17)15-13(19)8-16(3)7-11(18)9-20-4/h5-6,10-11,18H,7-9H2,1-4H3,(H,15,19). The van der Waals surface area contributed by atoms with Crippen molar-refractivity contribution in [1.82, 2.24) is 14.7 Å². The van der Waals surface area contributed by atoms with Crippen LogP contribution in [0.2, 0.25) is 0 Å². The first kappa shape index (κ1) is 16.6. The number of methoxy groups -OCH3 is 1. The van der Waals surface area contributed by atoms with Gasteiger partial charge in [-0.25, -0.2) is 4.68 Å². The summed E-state index contributed by atoms with van der Waals surface area (Å²) in [5.74, 6) is 0.537. The summed E-state index contributed by atoms with van der Waals surface area (Å²) in [6.45, 7) is 4.83. The Hall–Kier alpha value is -1.44. The van der Waals surface area contributed by atoms with Crippen LogP contribution in [0.25, 0.3) is 0 Å². The largest absolute Gasteiger partial charge is 0.389 e. The van der Waals surface area contributed by atoms with E-state index in [-0.39, 0.29) is 25.1 Å². The highest BCUT2D eigenvalue weighted by molar-refractivity contribution is 5.91. The van der Waals surface area contributed by atoms with Gasteiger partial charge in [-0.05, 0) is 20.9 Å². The summed E-state index contributed by atoms with van der Waals surface area (Å²) in [6, 6.07) is 1.94. The summed E-state index contributed by atoms with van der Waals surface area (Å²) in [7, 11) is 3.31. The summed E-state index contributed by atoms with van der Waals surface area (Å²) < 4.78 is 6.60. The molecular weight excluding hydrogens is 260 g/mol. The van der Waals surface area contributed by atoms with Gasteiger partial charge in [0.05, 0.1) is 25.5 Å². The van der Waals surface area contributed by atoms with Gasteiger partial charge in [-0.15, -0.1) is 0 Å². The molecule has 114 valence electrons. The molecule has 20 heavy (non-hydrogen) atoms. The number of hydrogen-bond acceptors (Lipinski definition) is 5. The molecule has 0 saturated heterocycles. The van der Waals surface area contributed by atoms with Crippen LogP contribution in [-0.2, 0) is 9.53 Å². The van der Waals surface area contributed by atoms with Crippen LogP contribution in [0.3, 0.4) is 0 Å². The van der Waals surface area contributed by atoms with Crippen molar-refractivity contribution in [2.75, 3.05) is 39.2 Å². The number of amides is 1. The number of aliphatic hydroxyl groups is 1. The lowest BCUT2D eigenvalue weighted by Crippen LogP contribution is -2.37. The Morgan fingerprint density at radius 2 is 2.30 bits per heavy atom. The number of carbonyl (C=O) groups excluding carboxylic acids is 1. The topological polar surface area (TPSA) is 79.6 Å². The van der Waals surface area contributed by atoms with Gasteiger partial charge in [0.15, 0.2) is 0 Å². The van der Waals surface area contributed by atoms with E-state index >= 15 is 0 Å². The molecule has 1 aromatic heterocycles. The van der Waals surface area contributed by atoms with Crippen LogP contribution >= 0.6 is 0 Å². The lowest BCUT2D eigenvalue weighted by atomic mass is 10.3. The van der Waals surface area contributed by atoms with Gasteiger partial charge in [-0.2, -0.15) is 5.10 Å². The van der Waals surface area contributed by atoms with Crippen molar-refractivity contribution in [3.8, 4) is 0 Å². The normalized spacial score (nSPS) is 12.9. The number of anilines is 1. The molecule has 7 nitrogen and oxygen atoms in total. The highest BCUT2D eigenvalue weighted by Gasteiger charge is 2.13. The number of carbonyl (C=O) groups is 1. The molecule has 0 spiro atoms. The number of nitrogens with one attached hydrogen (secondary N) is 1. The first-order valence-corrected chi connectivity index (χ1v) is 6.63. The van der Waals surface area contributed by atoms with Gasteiger partial charge >= 0.3 is 0 Å². The van der Waals surface area contributed by atoms with Gasteiger partial charge in [0.2, 0.25) is 5.91 Å². The molecule has 0 bridgehead atoms. The van der Waals surface area contributed by atoms with Crippen molar-refractivity contribution >= 4 is 11.7 Å². The molecule has 1 rings (SSSR count). The number of aliphatic hydroxyl groups excluding tert-OH is 1. The molecule has 0 aliphatic heterocycles. The monoisotopic (exact) mass is 284 g/mol. The molecule has 0 aliphatic rings. The minimum atomic E-state index is -0.598. The Kier molecular flexibility index (Phi) is 6.63. The molecule has 0 aliphatic carbocycles. The Balaban J connectivity index is 2.45. The van der Waals surface area contributed by atoms with Crippen molar-refractivity contribution in [3.63, 3.8) is 0 Å². The van der Waals surface area contributed by atoms with E-state index in [4.69, 9.17) is 4.74 Å². The zero-order valence-corrected chi connectivity index (χ0v) is 12.5. The van der Waals surface area contributed by atoms with Gasteiger partial charge in [-0.1, -0.05) is 0 Å². The molecule has 1 aromatic rings. The lowest BCUT2D eigenvalue weighted by Gasteiger charge is -2.20. The second-order valence-electron chi connectivity index (χ2n) is 5.11. The Labute approximate surface area is 119 Å². The Bertz CT molecular complexity index is 420. The van der Waals surface area contributed by atoms with E-state index in [1.54, 1.807) is 28.9 Å². The number of hydrogen-bond donors (Lipinski definition) is 2. The van der Waals surface area contributed by atoms with E-state index in [2.05, 4.69) is 10.4 Å². The maximum atomic E-state index is 11.9. The molecule has 0 radical (unpaired) electrons. The molecule has 1 amide bonds. The molecule has 2 N–H and O–H groups in total. The third-order valence-electron chi connectivity index (χ3n) is 2.72. The van der Waals surface area contributed by atoms with Crippen LogP contribution in [0.4, 0.5) is 5.82 Å². The van der Waals surface area contributed by atoms with E-state index in [1.165, 1.54) is 7.11 Å². The summed E-state index contributed by atoms with van der Waals surface area (Å²) in [4.78, 5) is 13.7. The second kappa shape index (κ2) is 7.98. The third-order valence-corrected chi connectivity index (χ3v) is 2.72. The fraction of sp³-hybridized carbons (Fsp3) is 0.692. The number of likely N-dealkylation sites (N-methyl/N-ethyl adjacent to an activating group) is 1. The van der Waals surface area contributed by atoms with Gasteiger partial charge in [-0.3, -0.25) is 9.69 Å². The van der Waals surface area contributed by atoms with Crippen LogP contribution < -0.4 is 5.32 Å². The minimum absolute atomic E-state index is 0.139. The molecule has 7 heteroatoms. The number of aromatic nitrogens is 2. The van der Waals surface area contributed by atoms with Crippen LogP contribution in [0, 0.1) is 0 Å². The predicted molar refractivity (Wildman–Crippen MR) is 76.6 cm³/mol. The highest BCUT2D eigenvalue weighted by Crippen LogP contribution is 2.12. The van der Waals surface area contributed by atoms with Gasteiger partial charge < -0.3 is 15.2 Å². The van der Waals surface area contributed by atoms with Crippen molar-refractivity contribution in [3.05, 3.63) is 12.3 Å². The Morgan fingerprint density at radius 1 is 1.60 bits per heavy atom. The van der Waals surface area contributed by atoms with Crippen molar-refractivity contribution in [1.29, 1.82) is 0 Å². The molecule has 1 unspecified atom stereocenters. The molecule has 0 saturated carbocycles. The van der Waals surface area contributed by atoms with E-state index in [0.29, 0.717) is 12.4 Å². The fourth-order valence-electron chi connectivity index (χ4n) is 1.92. The summed E-state index contributed by atoms with van der Waals surface area (Å²) in [5.41, 5.74) is 0. The van der Waals surface area contributed by atoms with Crippen LogP contribution in [0.5, 0.6) is 0 Å². The van der Waals surface area contributed by atoms with Crippen molar-refractivity contribution in [2.24, 2.45) is 0 Å². The third kappa shape index (κ3) is 5.28. The molecular formula is C13H24N4O3. The first-order chi connectivity index (χ1) is 9.43. The van der Waals surface area contributed by atoms with Gasteiger partial charge in [0.25, 0.3) is 0 Å². The van der Waals surface area contributed by atoms with Crippen molar-refractivity contribution < 1.29 is 14.6 Å². The molecule has 1 atom stereocenters. The summed E-state index contributed by atoms with van der Waals surface area (Å²) in [6.07, 6.45) is 1.06. The quantitative estimate of drug-likeness (QED) is 0.719. The summed E-state index contributed by atoms with van der Waals surface area (Å²) >= 11 is 0. The van der Waals surface area contributed by atoms with E-state index in [0.717, 1.165) is 0 Å². The fourth-order valence-corrected chi connectivity index (χ4v) is 1.92. The van der Waals surface area contributed by atoms with Crippen LogP contribution in [0.1, 0.15) is 19.9 Å². The first-order valence-electron chi connectivity index (χ1n) is 6.63. The number of nitrogens with zero attached hydrogens (tertiary/aromatic N) is 3. The van der Waals surface area contributed by atoms with Gasteiger partial charge in [0, 0.05) is 25.8 Å². The minimum Gasteiger partial charge on any atom is -0.389 e. The van der Waals surface area contributed by atoms with Crippen molar-refractivity contribution in [2.45, 2.75) is 26.0 Å². The second-order valence-corrected chi connectivity index (χ2v) is 5.11. The maximum absolute atomic E-state index is 11.9. The lowest BCUT2D eigenvalue weighted by molar-refractivity contribution is -0.117. The smallest absolute Gasteiger partial charge is 0.239 e. The zero-order valence-electron chi connectivity index (χ0n) is 12.5. The molecule has 1 heterocycles. The van der Waals surface area contributed by atoms with E-state index < -0.39 is 6.10 Å². The van der Waals surface area contributed by atoms with E-state index in [1.807, 2.05) is 13.8 Å². The van der Waals surface area contributed by atoms with Crippen LogP contribution in [0.15, 0.2) is 12.3 Å². The number of rotatable bonds is 8. The van der Waals surface area contributed by atoms with E-state index in [9.17, 15) is 9.90 Å². The average molecular weight is 284 g/mol. The maximum Gasteiger partial charge on any atom is 0.239 e. The zero-order chi connectivity index (χ0) is 15.1. The molecule has 0 aromatic carbocycles. The summed E-state index contributed by atoms with van der Waals surface area (Å²) in [5, 5.41) is 16.6. The average Bonchev–Trinajstić information content (AvgIpc) is 2.76. The molecule has 0 fully saturated rings. The Morgan fingerprint density at radius 3 is 2.90 bits per heavy atom. The van der Waals surface area contributed by atoms with Crippen LogP contribution in [-0.4, -0.2) is 65.7 Å². The van der Waals surface area contributed by atoms with Gasteiger partial charge in [0.1, 0.15) is 5.82 Å². The number of ether oxygens (including phenoxy) is 1. The SMILES string of the molecule is COCC(O)CN(C)CC(=O)Nc1ccnn1C(C)C. The highest BCUT2D eigenvalue weighted by atomic mass is 16.5. The predicted octanol–water partition coefficient (Wildman–Crippen LogP) is 0.342.